The molecule has 2 nitrogen and oxygen atoms in total. The van der Waals surface area contributed by atoms with Gasteiger partial charge in [0, 0.05) is 6.61 Å². The number of hydrogen-bond donors (Lipinski definition) is 2. The van der Waals surface area contributed by atoms with Gasteiger partial charge in [-0.3, -0.25) is 0 Å². The third-order valence-electron chi connectivity index (χ3n) is 0.944. The van der Waals surface area contributed by atoms with Crippen LogP contribution in [0, 0.1) is 0 Å². The van der Waals surface area contributed by atoms with E-state index in [1.165, 1.54) is 0 Å². The highest BCUT2D eigenvalue weighted by molar-refractivity contribution is 4.85. The van der Waals surface area contributed by atoms with Gasteiger partial charge in [-0.15, -0.1) is 0 Å². The first kappa shape index (κ1) is 8.66. The van der Waals surface area contributed by atoms with Crippen LogP contribution >= 0.6 is 0 Å². The van der Waals surface area contributed by atoms with E-state index in [1.807, 2.05) is 6.08 Å². The predicted molar refractivity (Wildman–Crippen MR) is 37.1 cm³/mol. The van der Waals surface area contributed by atoms with Gasteiger partial charge >= 0.3 is 0 Å². The largest absolute Gasteiger partial charge is 0.396 e. The van der Waals surface area contributed by atoms with Crippen LogP contribution < -0.4 is 0 Å². The summed E-state index contributed by atoms with van der Waals surface area (Å²) in [4.78, 5) is 0. The fourth-order valence-corrected chi connectivity index (χ4v) is 0.502. The van der Waals surface area contributed by atoms with Gasteiger partial charge in [0.1, 0.15) is 0 Å². The lowest BCUT2D eigenvalue weighted by Gasteiger charge is -1.92. The number of hydrogen-bond acceptors (Lipinski definition) is 2. The summed E-state index contributed by atoms with van der Waals surface area (Å²) < 4.78 is 0. The van der Waals surface area contributed by atoms with Crippen molar-refractivity contribution in [3.63, 3.8) is 0 Å². The first-order chi connectivity index (χ1) is 4.27. The quantitative estimate of drug-likeness (QED) is 0.434. The molecule has 0 radical (unpaired) electrons. The van der Waals surface area contributed by atoms with E-state index in [-0.39, 0.29) is 12.7 Å². The Bertz CT molecular complexity index is 77.0. The van der Waals surface area contributed by atoms with Gasteiger partial charge in [-0.2, -0.15) is 0 Å². The second-order valence-electron chi connectivity index (χ2n) is 2.03. The van der Waals surface area contributed by atoms with Crippen molar-refractivity contribution in [2.45, 2.75) is 25.9 Å². The van der Waals surface area contributed by atoms with Crippen LogP contribution in [0.2, 0.25) is 0 Å². The zero-order chi connectivity index (χ0) is 7.11. The summed E-state index contributed by atoms with van der Waals surface area (Å²) >= 11 is 0. The molecule has 0 aromatic rings. The Morgan fingerprint density at radius 3 is 2.67 bits per heavy atom. The predicted octanol–water partition coefficient (Wildman–Crippen LogP) is 0.696. The number of rotatable bonds is 4. The summed E-state index contributed by atoms with van der Waals surface area (Å²) in [5, 5.41) is 17.0. The van der Waals surface area contributed by atoms with Gasteiger partial charge in [0.25, 0.3) is 0 Å². The van der Waals surface area contributed by atoms with Crippen LogP contribution in [0.5, 0.6) is 0 Å². The molecule has 0 fully saturated rings. The third kappa shape index (κ3) is 7.66. The Hall–Kier alpha value is -0.340. The van der Waals surface area contributed by atoms with Crippen LogP contribution in [0.25, 0.3) is 0 Å². The Morgan fingerprint density at radius 1 is 1.56 bits per heavy atom. The summed E-state index contributed by atoms with van der Waals surface area (Å²) in [6, 6.07) is 0. The third-order valence-corrected chi connectivity index (χ3v) is 0.944. The van der Waals surface area contributed by atoms with Crippen LogP contribution in [-0.4, -0.2) is 22.9 Å². The molecule has 0 saturated carbocycles. The van der Waals surface area contributed by atoms with Crippen molar-refractivity contribution in [3.8, 4) is 0 Å². The fraction of sp³-hybridized carbons (Fsp3) is 0.714. The topological polar surface area (TPSA) is 40.5 Å². The van der Waals surface area contributed by atoms with E-state index < -0.39 is 0 Å². The van der Waals surface area contributed by atoms with Gasteiger partial charge in [0.2, 0.25) is 0 Å². The van der Waals surface area contributed by atoms with E-state index in [4.69, 9.17) is 10.2 Å². The standard InChI is InChI=1S/C7H14O2/c1-7(9)5-3-2-4-6-8/h3,5,7-9H,2,4,6H2,1H3. The average Bonchev–Trinajstić information content (AvgIpc) is 1.80. The monoisotopic (exact) mass is 130 g/mol. The lowest BCUT2D eigenvalue weighted by molar-refractivity contribution is 0.243. The maximum Gasteiger partial charge on any atom is 0.0692 e. The molecular formula is C7H14O2. The van der Waals surface area contributed by atoms with Crippen molar-refractivity contribution in [3.05, 3.63) is 12.2 Å². The van der Waals surface area contributed by atoms with E-state index in [0.29, 0.717) is 0 Å². The molecule has 1 atom stereocenters. The summed E-state index contributed by atoms with van der Waals surface area (Å²) in [5.41, 5.74) is 0. The second kappa shape index (κ2) is 5.79. The van der Waals surface area contributed by atoms with E-state index in [1.54, 1.807) is 13.0 Å². The summed E-state index contributed by atoms with van der Waals surface area (Å²) in [5.74, 6) is 0. The number of aliphatic hydroxyl groups excluding tert-OH is 2. The Labute approximate surface area is 55.8 Å². The van der Waals surface area contributed by atoms with Gasteiger partial charge in [-0.1, -0.05) is 12.2 Å². The number of allylic oxidation sites excluding steroid dienone is 1. The molecule has 0 heterocycles. The van der Waals surface area contributed by atoms with Gasteiger partial charge < -0.3 is 10.2 Å². The lowest BCUT2D eigenvalue weighted by Crippen LogP contribution is -1.91. The molecule has 1 unspecified atom stereocenters. The molecule has 0 amide bonds. The first-order valence-electron chi connectivity index (χ1n) is 3.23. The molecule has 2 heteroatoms. The molecule has 2 N–H and O–H groups in total. The molecule has 0 saturated heterocycles. The maximum absolute atomic E-state index is 8.70. The van der Waals surface area contributed by atoms with Crippen LogP contribution in [0.15, 0.2) is 12.2 Å². The van der Waals surface area contributed by atoms with Gasteiger partial charge in [-0.05, 0) is 19.8 Å². The van der Waals surface area contributed by atoms with Gasteiger partial charge in [0.15, 0.2) is 0 Å². The SMILES string of the molecule is CC(O)C=CCCCO. The zero-order valence-electron chi connectivity index (χ0n) is 5.75. The summed E-state index contributed by atoms with van der Waals surface area (Å²) in [6.07, 6.45) is 4.87. The van der Waals surface area contributed by atoms with E-state index in [2.05, 4.69) is 0 Å². The molecule has 9 heavy (non-hydrogen) atoms. The molecule has 0 spiro atoms. The molecule has 0 aliphatic rings. The zero-order valence-corrected chi connectivity index (χ0v) is 5.75. The van der Waals surface area contributed by atoms with E-state index >= 15 is 0 Å². The molecule has 0 rings (SSSR count). The number of unbranched alkanes of at least 4 members (excludes halogenated alkanes) is 1. The van der Waals surface area contributed by atoms with Crippen LogP contribution in [0.1, 0.15) is 19.8 Å². The Kier molecular flexibility index (Phi) is 5.57. The fourth-order valence-electron chi connectivity index (χ4n) is 0.502. The molecule has 0 aliphatic heterocycles. The van der Waals surface area contributed by atoms with Crippen molar-refractivity contribution in [1.82, 2.24) is 0 Å². The minimum atomic E-state index is -0.358. The molecule has 0 bridgehead atoms. The highest BCUT2D eigenvalue weighted by Gasteiger charge is 1.83. The first-order valence-corrected chi connectivity index (χ1v) is 3.23. The highest BCUT2D eigenvalue weighted by Crippen LogP contribution is 1.90. The molecule has 0 aliphatic carbocycles. The van der Waals surface area contributed by atoms with Gasteiger partial charge in [-0.25, -0.2) is 0 Å². The molecule has 54 valence electrons. The van der Waals surface area contributed by atoms with Crippen LogP contribution in [0.4, 0.5) is 0 Å². The van der Waals surface area contributed by atoms with Gasteiger partial charge in [0.05, 0.1) is 6.10 Å². The Morgan fingerprint density at radius 2 is 2.22 bits per heavy atom. The van der Waals surface area contributed by atoms with E-state index in [9.17, 15) is 0 Å². The average molecular weight is 130 g/mol. The van der Waals surface area contributed by atoms with Crippen molar-refractivity contribution in [1.29, 1.82) is 0 Å². The highest BCUT2D eigenvalue weighted by atomic mass is 16.3. The molecule has 0 aromatic carbocycles. The van der Waals surface area contributed by atoms with E-state index in [0.717, 1.165) is 12.8 Å². The van der Waals surface area contributed by atoms with Crippen molar-refractivity contribution in [2.75, 3.05) is 6.61 Å². The smallest absolute Gasteiger partial charge is 0.0692 e. The van der Waals surface area contributed by atoms with Crippen molar-refractivity contribution in [2.24, 2.45) is 0 Å². The normalized spacial score (nSPS) is 14.6. The maximum atomic E-state index is 8.70. The minimum Gasteiger partial charge on any atom is -0.396 e. The summed E-state index contributed by atoms with van der Waals surface area (Å²) in [6.45, 7) is 1.93. The van der Waals surface area contributed by atoms with Crippen LogP contribution in [0.3, 0.4) is 0 Å². The van der Waals surface area contributed by atoms with Crippen molar-refractivity contribution < 1.29 is 10.2 Å². The minimum absolute atomic E-state index is 0.226. The van der Waals surface area contributed by atoms with Crippen molar-refractivity contribution >= 4 is 0 Å². The summed E-state index contributed by atoms with van der Waals surface area (Å²) in [7, 11) is 0. The molecule has 0 aromatic heterocycles. The Balaban J connectivity index is 3.04. The number of aliphatic hydroxyl groups is 2. The molecular weight excluding hydrogens is 116 g/mol. The lowest BCUT2D eigenvalue weighted by atomic mass is 10.2. The second-order valence-corrected chi connectivity index (χ2v) is 2.03. The van der Waals surface area contributed by atoms with Crippen LogP contribution in [-0.2, 0) is 0 Å².